The Labute approximate surface area is 73.5 Å². The van der Waals surface area contributed by atoms with E-state index < -0.39 is 0 Å². The fourth-order valence-electron chi connectivity index (χ4n) is 1.44. The molecule has 1 N–H and O–H groups in total. The minimum Gasteiger partial charge on any atom is -0.344 e. The molecule has 0 fully saturated rings. The Bertz CT molecular complexity index is 214. The zero-order chi connectivity index (χ0) is 9.14. The van der Waals surface area contributed by atoms with Crippen molar-refractivity contribution in [3.8, 4) is 0 Å². The monoisotopic (exact) mass is 168 g/mol. The maximum absolute atomic E-state index is 8.64. The van der Waals surface area contributed by atoms with E-state index in [-0.39, 0.29) is 0 Å². The Morgan fingerprint density at radius 2 is 2.25 bits per heavy atom. The quantitative estimate of drug-likeness (QED) is 0.507. The first kappa shape index (κ1) is 9.33. The van der Waals surface area contributed by atoms with E-state index >= 15 is 0 Å². The van der Waals surface area contributed by atoms with Crippen molar-refractivity contribution < 1.29 is 10.1 Å². The topological polar surface area (TPSA) is 29.5 Å². The largest absolute Gasteiger partial charge is 0.344 e. The van der Waals surface area contributed by atoms with Crippen LogP contribution >= 0.6 is 0 Å². The summed E-state index contributed by atoms with van der Waals surface area (Å²) in [6.07, 6.45) is 5.00. The van der Waals surface area contributed by atoms with Crippen LogP contribution in [0.25, 0.3) is 0 Å². The highest BCUT2D eigenvalue weighted by Gasteiger charge is 2.16. The van der Waals surface area contributed by atoms with Crippen LogP contribution in [0.2, 0.25) is 0 Å². The molecule has 1 rings (SSSR count). The van der Waals surface area contributed by atoms with Crippen LogP contribution < -0.4 is 0 Å². The molecule has 0 radical (unpaired) electrons. The van der Waals surface area contributed by atoms with Crippen LogP contribution in [-0.2, 0) is 4.89 Å². The average molecular weight is 168 g/mol. The van der Waals surface area contributed by atoms with Gasteiger partial charge in [-0.2, -0.15) is 0 Å². The van der Waals surface area contributed by atoms with Crippen molar-refractivity contribution in [3.05, 3.63) is 23.5 Å². The minimum absolute atomic E-state index is 0.413. The van der Waals surface area contributed by atoms with Gasteiger partial charge >= 0.3 is 0 Å². The summed E-state index contributed by atoms with van der Waals surface area (Å²) in [5, 5.41) is 8.64. The maximum Gasteiger partial charge on any atom is 0.146 e. The van der Waals surface area contributed by atoms with Gasteiger partial charge in [-0.15, -0.1) is 0 Å². The van der Waals surface area contributed by atoms with E-state index in [4.69, 9.17) is 5.26 Å². The Morgan fingerprint density at radius 1 is 1.58 bits per heavy atom. The van der Waals surface area contributed by atoms with Crippen LogP contribution in [0.5, 0.6) is 0 Å². The summed E-state index contributed by atoms with van der Waals surface area (Å²) in [5.74, 6) is 1.60. The van der Waals surface area contributed by atoms with Gasteiger partial charge in [0, 0.05) is 6.42 Å². The van der Waals surface area contributed by atoms with Gasteiger partial charge in [0.05, 0.1) is 0 Å². The minimum atomic E-state index is 0.413. The van der Waals surface area contributed by atoms with Gasteiger partial charge in [-0.05, 0) is 17.4 Å². The van der Waals surface area contributed by atoms with Gasteiger partial charge in [-0.1, -0.05) is 32.9 Å². The third-order valence-electron chi connectivity index (χ3n) is 2.17. The molecule has 1 aliphatic rings. The first-order chi connectivity index (χ1) is 5.65. The molecule has 0 aromatic carbocycles. The molecule has 2 nitrogen and oxygen atoms in total. The first-order valence-electron chi connectivity index (χ1n) is 4.37. The molecule has 0 saturated carbocycles. The normalized spacial score (nSPS) is 23.6. The van der Waals surface area contributed by atoms with E-state index in [1.54, 1.807) is 0 Å². The predicted molar refractivity (Wildman–Crippen MR) is 48.5 cm³/mol. The van der Waals surface area contributed by atoms with Crippen molar-refractivity contribution in [1.82, 2.24) is 0 Å². The smallest absolute Gasteiger partial charge is 0.146 e. The molecule has 0 aromatic rings. The Balaban J connectivity index is 2.85. The third kappa shape index (κ3) is 1.89. The molecule has 0 spiro atoms. The lowest BCUT2D eigenvalue weighted by molar-refractivity contribution is -0.208. The van der Waals surface area contributed by atoms with Gasteiger partial charge in [0.15, 0.2) is 0 Å². The highest BCUT2D eigenvalue weighted by molar-refractivity contribution is 5.28. The van der Waals surface area contributed by atoms with Crippen molar-refractivity contribution in [2.75, 3.05) is 0 Å². The van der Waals surface area contributed by atoms with Crippen molar-refractivity contribution in [1.29, 1.82) is 0 Å². The van der Waals surface area contributed by atoms with E-state index in [0.29, 0.717) is 11.8 Å². The highest BCUT2D eigenvalue weighted by atomic mass is 17.1. The van der Waals surface area contributed by atoms with E-state index in [1.807, 2.05) is 6.08 Å². The molecule has 0 amide bonds. The molecule has 0 saturated heterocycles. The summed E-state index contributed by atoms with van der Waals surface area (Å²) in [4.78, 5) is 4.36. The summed E-state index contributed by atoms with van der Waals surface area (Å²) in [6, 6.07) is 0. The van der Waals surface area contributed by atoms with Crippen molar-refractivity contribution in [2.45, 2.75) is 27.2 Å². The van der Waals surface area contributed by atoms with Crippen LogP contribution in [0.3, 0.4) is 0 Å². The summed E-state index contributed by atoms with van der Waals surface area (Å²) in [5.41, 5.74) is 1.11. The van der Waals surface area contributed by atoms with Crippen LogP contribution in [0.4, 0.5) is 0 Å². The van der Waals surface area contributed by atoms with Crippen LogP contribution in [-0.4, -0.2) is 5.26 Å². The standard InChI is InChI=1S/C10H16O2/c1-7(2)9-5-4-8(3)6-10(9)12-11/h4-5,7-8,11H,6H2,1-3H3. The van der Waals surface area contributed by atoms with Gasteiger partial charge in [-0.25, -0.2) is 5.26 Å². The maximum atomic E-state index is 8.64. The molecule has 68 valence electrons. The average Bonchev–Trinajstić information content (AvgIpc) is 2.03. The highest BCUT2D eigenvalue weighted by Crippen LogP contribution is 2.27. The fraction of sp³-hybridized carbons (Fsp3) is 0.600. The molecule has 1 aliphatic carbocycles. The summed E-state index contributed by atoms with van der Waals surface area (Å²) < 4.78 is 0. The molecule has 0 aromatic heterocycles. The Morgan fingerprint density at radius 3 is 2.75 bits per heavy atom. The van der Waals surface area contributed by atoms with Crippen LogP contribution in [0, 0.1) is 11.8 Å². The SMILES string of the molecule is CC1C=CC(C(C)C)=C(OO)C1. The molecular weight excluding hydrogens is 152 g/mol. The second kappa shape index (κ2) is 3.76. The lowest BCUT2D eigenvalue weighted by Gasteiger charge is -2.19. The number of allylic oxidation sites excluding steroid dienone is 4. The zero-order valence-electron chi connectivity index (χ0n) is 7.87. The van der Waals surface area contributed by atoms with E-state index in [2.05, 4.69) is 31.7 Å². The summed E-state index contributed by atoms with van der Waals surface area (Å²) in [6.45, 7) is 6.29. The molecular formula is C10H16O2. The van der Waals surface area contributed by atoms with E-state index in [1.165, 1.54) is 0 Å². The Kier molecular flexibility index (Phi) is 2.93. The number of hydrogen-bond donors (Lipinski definition) is 1. The molecule has 1 unspecified atom stereocenters. The lowest BCUT2D eigenvalue weighted by atomic mass is 9.91. The van der Waals surface area contributed by atoms with Crippen molar-refractivity contribution in [3.63, 3.8) is 0 Å². The molecule has 2 heteroatoms. The van der Waals surface area contributed by atoms with Gasteiger partial charge in [0.2, 0.25) is 0 Å². The van der Waals surface area contributed by atoms with Gasteiger partial charge in [-0.3, -0.25) is 0 Å². The van der Waals surface area contributed by atoms with E-state index in [0.717, 1.165) is 17.8 Å². The molecule has 12 heavy (non-hydrogen) atoms. The Hall–Kier alpha value is -0.760. The summed E-state index contributed by atoms with van der Waals surface area (Å²) in [7, 11) is 0. The number of rotatable bonds is 2. The zero-order valence-corrected chi connectivity index (χ0v) is 7.87. The molecule has 0 bridgehead atoms. The van der Waals surface area contributed by atoms with E-state index in [9.17, 15) is 0 Å². The second-order valence-corrected chi connectivity index (χ2v) is 3.67. The fourth-order valence-corrected chi connectivity index (χ4v) is 1.44. The third-order valence-corrected chi connectivity index (χ3v) is 2.17. The molecule has 0 heterocycles. The van der Waals surface area contributed by atoms with Crippen molar-refractivity contribution >= 4 is 0 Å². The van der Waals surface area contributed by atoms with Gasteiger partial charge < -0.3 is 4.89 Å². The van der Waals surface area contributed by atoms with Crippen LogP contribution in [0.1, 0.15) is 27.2 Å². The van der Waals surface area contributed by atoms with Crippen molar-refractivity contribution in [2.24, 2.45) is 11.8 Å². The second-order valence-electron chi connectivity index (χ2n) is 3.67. The molecule has 0 aliphatic heterocycles. The molecule has 1 atom stereocenters. The van der Waals surface area contributed by atoms with Gasteiger partial charge in [0.1, 0.15) is 5.76 Å². The van der Waals surface area contributed by atoms with Crippen LogP contribution in [0.15, 0.2) is 23.5 Å². The van der Waals surface area contributed by atoms with Gasteiger partial charge in [0.25, 0.3) is 0 Å². The first-order valence-corrected chi connectivity index (χ1v) is 4.37. The summed E-state index contributed by atoms with van der Waals surface area (Å²) >= 11 is 0. The lowest BCUT2D eigenvalue weighted by Crippen LogP contribution is -2.07. The predicted octanol–water partition coefficient (Wildman–Crippen LogP) is 2.98. The number of hydrogen-bond acceptors (Lipinski definition) is 2.